The predicted molar refractivity (Wildman–Crippen MR) is 61.8 cm³/mol. The molecule has 0 aromatic carbocycles. The number of nitrogens with one attached hydrogen (secondary N) is 2. The summed E-state index contributed by atoms with van der Waals surface area (Å²) in [4.78, 5) is 13.8. The minimum Gasteiger partial charge on any atom is -0.355 e. The second-order valence-electron chi connectivity index (χ2n) is 4.13. The molecule has 0 saturated carbocycles. The number of amides is 1. The molecule has 1 fully saturated rings. The van der Waals surface area contributed by atoms with Gasteiger partial charge in [-0.2, -0.15) is 0 Å². The fourth-order valence-electron chi connectivity index (χ4n) is 1.93. The van der Waals surface area contributed by atoms with Gasteiger partial charge in [0.15, 0.2) is 0 Å². The van der Waals surface area contributed by atoms with Crippen LogP contribution < -0.4 is 10.6 Å². The second-order valence-corrected chi connectivity index (χ2v) is 4.13. The van der Waals surface area contributed by atoms with E-state index >= 15 is 0 Å². The van der Waals surface area contributed by atoms with Crippen molar-refractivity contribution in [1.82, 2.24) is 15.5 Å². The van der Waals surface area contributed by atoms with Crippen molar-refractivity contribution >= 4 is 5.91 Å². The van der Waals surface area contributed by atoms with E-state index in [4.69, 9.17) is 0 Å². The number of rotatable bonds is 6. The van der Waals surface area contributed by atoms with Gasteiger partial charge in [-0.25, -0.2) is 0 Å². The molecule has 4 nitrogen and oxygen atoms in total. The number of hydrogen-bond donors (Lipinski definition) is 2. The van der Waals surface area contributed by atoms with Crippen molar-refractivity contribution in [2.75, 3.05) is 39.3 Å². The Morgan fingerprint density at radius 2 is 2.27 bits per heavy atom. The van der Waals surface area contributed by atoms with Gasteiger partial charge in [-0.05, 0) is 32.0 Å². The van der Waals surface area contributed by atoms with E-state index < -0.39 is 0 Å². The van der Waals surface area contributed by atoms with Crippen molar-refractivity contribution in [3.8, 4) is 0 Å². The molecule has 4 heteroatoms. The van der Waals surface area contributed by atoms with Gasteiger partial charge in [0.05, 0.1) is 6.54 Å². The number of likely N-dealkylation sites (N-methyl/N-ethyl adjacent to an activating group) is 1. The Hall–Kier alpha value is -0.610. The number of hydrogen-bond acceptors (Lipinski definition) is 3. The average Bonchev–Trinajstić information content (AvgIpc) is 2.71. The normalized spacial score (nSPS) is 21.9. The third kappa shape index (κ3) is 4.62. The Bertz CT molecular complexity index is 196. The van der Waals surface area contributed by atoms with Crippen molar-refractivity contribution < 1.29 is 4.79 Å². The van der Waals surface area contributed by atoms with Crippen molar-refractivity contribution in [3.05, 3.63) is 0 Å². The van der Waals surface area contributed by atoms with E-state index in [0.717, 1.165) is 26.2 Å². The summed E-state index contributed by atoms with van der Waals surface area (Å²) in [5, 5.41) is 6.00. The monoisotopic (exact) mass is 213 g/mol. The molecule has 0 aromatic heterocycles. The summed E-state index contributed by atoms with van der Waals surface area (Å²) in [5.74, 6) is 0.766. The first-order valence-electron chi connectivity index (χ1n) is 5.96. The Morgan fingerprint density at radius 1 is 1.47 bits per heavy atom. The minimum absolute atomic E-state index is 0.117. The van der Waals surface area contributed by atoms with Gasteiger partial charge in [-0.1, -0.05) is 13.8 Å². The predicted octanol–water partition coefficient (Wildman–Crippen LogP) is 0.0539. The number of likely N-dealkylation sites (tertiary alicyclic amines) is 1. The van der Waals surface area contributed by atoms with Crippen LogP contribution in [0.3, 0.4) is 0 Å². The van der Waals surface area contributed by atoms with Crippen LogP contribution in [0.5, 0.6) is 0 Å². The Labute approximate surface area is 92.4 Å². The van der Waals surface area contributed by atoms with E-state index in [1.165, 1.54) is 13.0 Å². The highest BCUT2D eigenvalue weighted by molar-refractivity contribution is 5.77. The maximum atomic E-state index is 11.3. The summed E-state index contributed by atoms with van der Waals surface area (Å²) in [6, 6.07) is 0. The van der Waals surface area contributed by atoms with Gasteiger partial charge in [0, 0.05) is 13.1 Å². The lowest BCUT2D eigenvalue weighted by molar-refractivity contribution is -0.120. The summed E-state index contributed by atoms with van der Waals surface area (Å²) in [5.41, 5.74) is 0. The van der Waals surface area contributed by atoms with Crippen molar-refractivity contribution in [2.45, 2.75) is 20.3 Å². The number of nitrogens with zero attached hydrogens (tertiary/aromatic N) is 1. The molecule has 15 heavy (non-hydrogen) atoms. The standard InChI is InChI=1S/C11H23N3O/c1-3-12-8-11(15)13-7-10-5-6-14(4-2)9-10/h10,12H,3-9H2,1-2H3,(H,13,15). The average molecular weight is 213 g/mol. The Kier molecular flexibility index (Phi) is 5.65. The molecule has 1 saturated heterocycles. The van der Waals surface area contributed by atoms with Gasteiger partial charge in [0.25, 0.3) is 0 Å². The van der Waals surface area contributed by atoms with E-state index in [-0.39, 0.29) is 5.91 Å². The van der Waals surface area contributed by atoms with Crippen LogP contribution in [-0.4, -0.2) is 50.1 Å². The molecule has 1 heterocycles. The maximum Gasteiger partial charge on any atom is 0.233 e. The summed E-state index contributed by atoms with van der Waals surface area (Å²) in [6.07, 6.45) is 1.22. The smallest absolute Gasteiger partial charge is 0.233 e. The first-order valence-corrected chi connectivity index (χ1v) is 5.96. The summed E-state index contributed by atoms with van der Waals surface area (Å²) in [7, 11) is 0. The highest BCUT2D eigenvalue weighted by Gasteiger charge is 2.21. The van der Waals surface area contributed by atoms with Gasteiger partial charge in [0.2, 0.25) is 5.91 Å². The zero-order valence-electron chi connectivity index (χ0n) is 9.88. The number of carbonyl (C=O) groups is 1. The zero-order chi connectivity index (χ0) is 11.1. The van der Waals surface area contributed by atoms with Crippen LogP contribution in [-0.2, 0) is 4.79 Å². The van der Waals surface area contributed by atoms with Crippen LogP contribution in [0.25, 0.3) is 0 Å². The molecule has 1 atom stereocenters. The third-order valence-corrected chi connectivity index (χ3v) is 2.94. The molecule has 2 N–H and O–H groups in total. The van der Waals surface area contributed by atoms with E-state index in [1.807, 2.05) is 6.92 Å². The third-order valence-electron chi connectivity index (χ3n) is 2.94. The SMILES string of the molecule is CCNCC(=O)NCC1CCN(CC)C1. The van der Waals surface area contributed by atoms with E-state index in [9.17, 15) is 4.79 Å². The molecule has 88 valence electrons. The minimum atomic E-state index is 0.117. The van der Waals surface area contributed by atoms with Gasteiger partial charge in [-0.15, -0.1) is 0 Å². The molecule has 1 aliphatic rings. The van der Waals surface area contributed by atoms with Crippen LogP contribution in [0.15, 0.2) is 0 Å². The molecule has 0 bridgehead atoms. The van der Waals surface area contributed by atoms with Crippen LogP contribution >= 0.6 is 0 Å². The largest absolute Gasteiger partial charge is 0.355 e. The van der Waals surface area contributed by atoms with Crippen molar-refractivity contribution in [2.24, 2.45) is 5.92 Å². The van der Waals surface area contributed by atoms with Crippen LogP contribution in [0.4, 0.5) is 0 Å². The molecule has 0 aromatic rings. The topological polar surface area (TPSA) is 44.4 Å². The van der Waals surface area contributed by atoms with E-state index in [2.05, 4.69) is 22.5 Å². The second kappa shape index (κ2) is 6.80. The maximum absolute atomic E-state index is 11.3. The van der Waals surface area contributed by atoms with Gasteiger partial charge < -0.3 is 15.5 Å². The highest BCUT2D eigenvalue weighted by atomic mass is 16.1. The Morgan fingerprint density at radius 3 is 2.87 bits per heavy atom. The van der Waals surface area contributed by atoms with Gasteiger partial charge in [0.1, 0.15) is 0 Å². The lowest BCUT2D eigenvalue weighted by atomic mass is 10.1. The summed E-state index contributed by atoms with van der Waals surface area (Å²) in [6.45, 7) is 9.77. The molecule has 0 spiro atoms. The molecule has 1 rings (SSSR count). The van der Waals surface area contributed by atoms with E-state index in [0.29, 0.717) is 12.5 Å². The Balaban J connectivity index is 2.07. The summed E-state index contributed by atoms with van der Waals surface area (Å²) < 4.78 is 0. The molecule has 1 unspecified atom stereocenters. The molecule has 0 aliphatic carbocycles. The lowest BCUT2D eigenvalue weighted by Crippen LogP contribution is -2.37. The summed E-state index contributed by atoms with van der Waals surface area (Å²) >= 11 is 0. The fourth-order valence-corrected chi connectivity index (χ4v) is 1.93. The molecule has 0 radical (unpaired) electrons. The first kappa shape index (κ1) is 12.5. The van der Waals surface area contributed by atoms with E-state index in [1.54, 1.807) is 0 Å². The molecule has 1 aliphatic heterocycles. The van der Waals surface area contributed by atoms with Crippen LogP contribution in [0.2, 0.25) is 0 Å². The van der Waals surface area contributed by atoms with Crippen molar-refractivity contribution in [3.63, 3.8) is 0 Å². The van der Waals surface area contributed by atoms with Gasteiger partial charge >= 0.3 is 0 Å². The molecule has 1 amide bonds. The quantitative estimate of drug-likeness (QED) is 0.655. The molecular formula is C11H23N3O. The van der Waals surface area contributed by atoms with Gasteiger partial charge in [-0.3, -0.25) is 4.79 Å². The van der Waals surface area contributed by atoms with Crippen molar-refractivity contribution in [1.29, 1.82) is 0 Å². The van der Waals surface area contributed by atoms with Crippen LogP contribution in [0, 0.1) is 5.92 Å². The molecular weight excluding hydrogens is 190 g/mol. The van der Waals surface area contributed by atoms with Crippen LogP contribution in [0.1, 0.15) is 20.3 Å². The number of carbonyl (C=O) groups excluding carboxylic acids is 1. The lowest BCUT2D eigenvalue weighted by Gasteiger charge is -2.13. The zero-order valence-corrected chi connectivity index (χ0v) is 9.88. The fraction of sp³-hybridized carbons (Fsp3) is 0.909. The first-order chi connectivity index (χ1) is 7.26. The highest BCUT2D eigenvalue weighted by Crippen LogP contribution is 2.14.